The van der Waals surface area contributed by atoms with Gasteiger partial charge in [-0.3, -0.25) is 19.6 Å². The number of aryl methyl sites for hydroxylation is 2. The maximum Gasteiger partial charge on any atom is 0.247 e. The number of piperazine rings is 2. The summed E-state index contributed by atoms with van der Waals surface area (Å²) in [6.07, 6.45) is 12.3. The van der Waals surface area contributed by atoms with Gasteiger partial charge in [0.1, 0.15) is 18.7 Å². The number of nitrogens with two attached hydrogens (primary N) is 4. The summed E-state index contributed by atoms with van der Waals surface area (Å²) in [5.41, 5.74) is 23.3. The first-order chi connectivity index (χ1) is 32.0. The molecule has 9 N–H and O–H groups in total. The van der Waals surface area contributed by atoms with Crippen molar-refractivity contribution in [3.63, 3.8) is 0 Å². The van der Waals surface area contributed by atoms with Crippen LogP contribution in [0.3, 0.4) is 0 Å². The number of rotatable bonds is 27. The lowest BCUT2D eigenvalue weighted by Gasteiger charge is -2.38. The van der Waals surface area contributed by atoms with Gasteiger partial charge in [-0.05, 0) is 38.5 Å². The van der Waals surface area contributed by atoms with Crippen molar-refractivity contribution in [3.05, 3.63) is 23.8 Å². The van der Waals surface area contributed by atoms with Crippen LogP contribution in [0.15, 0.2) is 22.4 Å². The summed E-state index contributed by atoms with van der Waals surface area (Å²) in [5.74, 6) is 3.85. The van der Waals surface area contributed by atoms with Crippen molar-refractivity contribution < 1.29 is 23.8 Å². The van der Waals surface area contributed by atoms with Crippen LogP contribution in [-0.4, -0.2) is 190 Å². The third-order valence-corrected chi connectivity index (χ3v) is 11.2. The SMILES string of the molecule is C#CCOCCOCCOCCNc1nc(N2CCN(C(=O)[C@H]([C@@H](C)CC)n3cc(CCCN=C(N)N)nn3)CC2)nc(N2CCN(C(=O)[C@H](C)n3cc(CCCN=C(N)N)nn3)CC2)n1. The molecule has 25 heteroatoms. The molecule has 0 spiro atoms. The van der Waals surface area contributed by atoms with Crippen molar-refractivity contribution in [2.45, 2.75) is 65.0 Å². The predicted molar refractivity (Wildman–Crippen MR) is 248 cm³/mol. The lowest BCUT2D eigenvalue weighted by atomic mass is 9.97. The van der Waals surface area contributed by atoms with Crippen molar-refractivity contribution in [1.82, 2.24) is 54.7 Å². The van der Waals surface area contributed by atoms with Crippen LogP contribution in [-0.2, 0) is 36.6 Å². The number of anilines is 3. The average molecular weight is 921 g/mol. The Labute approximate surface area is 386 Å². The van der Waals surface area contributed by atoms with E-state index in [9.17, 15) is 9.59 Å². The van der Waals surface area contributed by atoms with E-state index < -0.39 is 12.1 Å². The molecule has 5 heterocycles. The van der Waals surface area contributed by atoms with Gasteiger partial charge in [-0.2, -0.15) is 15.0 Å². The van der Waals surface area contributed by atoms with Crippen molar-refractivity contribution in [3.8, 4) is 12.3 Å². The highest BCUT2D eigenvalue weighted by Crippen LogP contribution is 2.26. The minimum atomic E-state index is -0.538. The lowest BCUT2D eigenvalue weighted by molar-refractivity contribution is -0.137. The number of aromatic nitrogens is 9. The summed E-state index contributed by atoms with van der Waals surface area (Å²) in [6, 6.07) is -1.04. The first kappa shape index (κ1) is 50.6. The van der Waals surface area contributed by atoms with Crippen molar-refractivity contribution >= 4 is 41.6 Å². The number of terminal acetylenes is 1. The lowest BCUT2D eigenvalue weighted by Crippen LogP contribution is -2.52. The van der Waals surface area contributed by atoms with Crippen molar-refractivity contribution in [2.75, 3.05) is 127 Å². The van der Waals surface area contributed by atoms with E-state index in [1.165, 1.54) is 0 Å². The molecule has 362 valence electrons. The topological polar surface area (TPSA) is 316 Å². The van der Waals surface area contributed by atoms with Gasteiger partial charge >= 0.3 is 0 Å². The minimum absolute atomic E-state index is 0.00668. The second kappa shape index (κ2) is 26.5. The zero-order valence-electron chi connectivity index (χ0n) is 38.6. The van der Waals surface area contributed by atoms with E-state index >= 15 is 0 Å². The molecule has 0 unspecified atom stereocenters. The molecule has 2 amide bonds. The van der Waals surface area contributed by atoms with E-state index in [0.29, 0.717) is 149 Å². The largest absolute Gasteiger partial charge is 0.377 e. The zero-order chi connectivity index (χ0) is 47.3. The minimum Gasteiger partial charge on any atom is -0.377 e. The Hall–Kier alpha value is -6.39. The Kier molecular flexibility index (Phi) is 20.4. The van der Waals surface area contributed by atoms with Gasteiger partial charge in [0.25, 0.3) is 0 Å². The molecule has 3 aromatic heterocycles. The Morgan fingerprint density at radius 2 is 1.23 bits per heavy atom. The zero-order valence-corrected chi connectivity index (χ0v) is 38.6. The molecular weight excluding hydrogens is 853 g/mol. The Bertz CT molecular complexity index is 2050. The predicted octanol–water partition coefficient (Wildman–Crippen LogP) is -1.59. The molecule has 3 atom stereocenters. The van der Waals surface area contributed by atoms with E-state index in [4.69, 9.17) is 58.5 Å². The standard InChI is InChI=1S/C41H68N20O5/c1-5-22-64-24-26-66-27-25-65-23-13-48-39-49-40(58-18-14-56(15-19-58)35(62)31(4)60-28-32(52-54-60)9-7-11-46-37(42)43)51-41(50-39)59-20-16-57(17-21-59)36(63)34(30(3)6-2)61-29-33(53-55-61)10-8-12-47-38(44)45/h1,28-31,34H,6-27H2,2-4H3,(H4,42,43,46)(H4,44,45,47)(H,48,49,50,51)/t30-,31-,34-/m0/s1. The van der Waals surface area contributed by atoms with Crippen molar-refractivity contribution in [2.24, 2.45) is 38.8 Å². The number of hydrogen-bond donors (Lipinski definition) is 5. The van der Waals surface area contributed by atoms with E-state index in [1.54, 1.807) is 15.6 Å². The van der Waals surface area contributed by atoms with Crippen LogP contribution in [0.5, 0.6) is 0 Å². The Balaban J connectivity index is 1.20. The number of ether oxygens (including phenoxy) is 3. The van der Waals surface area contributed by atoms with E-state index in [0.717, 1.165) is 17.8 Å². The number of hydrogen-bond acceptors (Lipinski definition) is 17. The summed E-state index contributed by atoms with van der Waals surface area (Å²) in [6.45, 7) is 13.6. The molecule has 0 radical (unpaired) electrons. The molecule has 2 aliphatic heterocycles. The van der Waals surface area contributed by atoms with Gasteiger partial charge in [-0.25, -0.2) is 9.36 Å². The smallest absolute Gasteiger partial charge is 0.247 e. The highest BCUT2D eigenvalue weighted by molar-refractivity contribution is 5.81. The summed E-state index contributed by atoms with van der Waals surface area (Å²) in [5, 5.41) is 20.5. The summed E-state index contributed by atoms with van der Waals surface area (Å²) in [7, 11) is 0. The van der Waals surface area contributed by atoms with Gasteiger partial charge in [0.15, 0.2) is 11.9 Å². The number of carbonyl (C=O) groups is 2. The summed E-state index contributed by atoms with van der Waals surface area (Å²) < 4.78 is 19.8. The van der Waals surface area contributed by atoms with Crippen LogP contribution in [0.4, 0.5) is 17.8 Å². The molecule has 0 aromatic carbocycles. The molecule has 25 nitrogen and oxygen atoms in total. The molecule has 0 bridgehead atoms. The summed E-state index contributed by atoms with van der Waals surface area (Å²) in [4.78, 5) is 58.3. The van der Waals surface area contributed by atoms with Crippen LogP contribution in [0.2, 0.25) is 0 Å². The number of nitrogens with zero attached hydrogens (tertiary/aromatic N) is 15. The third kappa shape index (κ3) is 15.7. The van der Waals surface area contributed by atoms with Gasteiger partial charge in [-0.1, -0.05) is 36.6 Å². The van der Waals surface area contributed by atoms with Crippen LogP contribution >= 0.6 is 0 Å². The highest BCUT2D eigenvalue weighted by atomic mass is 16.5. The number of carbonyl (C=O) groups excluding carboxylic acids is 2. The molecule has 2 saturated heterocycles. The molecule has 66 heavy (non-hydrogen) atoms. The fourth-order valence-electron chi connectivity index (χ4n) is 7.30. The van der Waals surface area contributed by atoms with E-state index in [2.05, 4.69) is 65.5 Å². The van der Waals surface area contributed by atoms with Gasteiger partial charge in [0.2, 0.25) is 29.7 Å². The normalized spacial score (nSPS) is 15.5. The maximum absolute atomic E-state index is 14.2. The van der Waals surface area contributed by atoms with Crippen LogP contribution in [0.25, 0.3) is 0 Å². The first-order valence-electron chi connectivity index (χ1n) is 22.6. The second-order valence-electron chi connectivity index (χ2n) is 16.0. The monoisotopic (exact) mass is 921 g/mol. The molecule has 5 rings (SSSR count). The van der Waals surface area contributed by atoms with Crippen LogP contribution in [0, 0.1) is 18.3 Å². The van der Waals surface area contributed by atoms with E-state index in [-0.39, 0.29) is 36.3 Å². The quantitative estimate of drug-likeness (QED) is 0.0249. The van der Waals surface area contributed by atoms with Crippen molar-refractivity contribution in [1.29, 1.82) is 0 Å². The summed E-state index contributed by atoms with van der Waals surface area (Å²) >= 11 is 0. The van der Waals surface area contributed by atoms with Gasteiger partial charge in [0, 0.05) is 84.4 Å². The fraction of sp³-hybridized carbons (Fsp3) is 0.683. The Morgan fingerprint density at radius 3 is 1.76 bits per heavy atom. The molecule has 2 fully saturated rings. The molecule has 2 aliphatic rings. The van der Waals surface area contributed by atoms with E-state index in [1.807, 2.05) is 22.9 Å². The molecule has 0 saturated carbocycles. The molecule has 3 aromatic rings. The number of nitrogens with one attached hydrogen (secondary N) is 1. The molecular formula is C41H68N20O5. The third-order valence-electron chi connectivity index (χ3n) is 11.2. The van der Waals surface area contributed by atoms with Gasteiger partial charge < -0.3 is 62.1 Å². The van der Waals surface area contributed by atoms with Crippen LogP contribution < -0.4 is 38.1 Å². The average Bonchev–Trinajstić information content (AvgIpc) is 4.00. The fourth-order valence-corrected chi connectivity index (χ4v) is 7.30. The van der Waals surface area contributed by atoms with Gasteiger partial charge in [0.05, 0.1) is 44.4 Å². The number of guanidine groups is 2. The molecule has 0 aliphatic carbocycles. The Morgan fingerprint density at radius 1 is 0.727 bits per heavy atom. The van der Waals surface area contributed by atoms with Gasteiger partial charge in [-0.15, -0.1) is 16.6 Å². The maximum atomic E-state index is 14.2. The number of aliphatic imine (C=N–C) groups is 2. The first-order valence-corrected chi connectivity index (χ1v) is 22.6. The number of amides is 2. The second-order valence-corrected chi connectivity index (χ2v) is 16.0. The van der Waals surface area contributed by atoms with Crippen LogP contribution in [0.1, 0.15) is 63.5 Å². The highest BCUT2D eigenvalue weighted by Gasteiger charge is 2.34.